The second-order valence-corrected chi connectivity index (χ2v) is 7.40. The molecular weight excluding hydrogens is 354 g/mol. The van der Waals surface area contributed by atoms with Crippen LogP contribution >= 0.6 is 0 Å². The lowest BCUT2D eigenvalue weighted by Gasteiger charge is -2.44. The van der Waals surface area contributed by atoms with Crippen molar-refractivity contribution >= 4 is 5.97 Å². The van der Waals surface area contributed by atoms with E-state index in [4.69, 9.17) is 4.74 Å². The van der Waals surface area contributed by atoms with Crippen LogP contribution in [0.5, 0.6) is 0 Å². The van der Waals surface area contributed by atoms with Crippen LogP contribution in [0.15, 0.2) is 0 Å². The summed E-state index contributed by atoms with van der Waals surface area (Å²) in [6.07, 6.45) is -12.3. The van der Waals surface area contributed by atoms with Crippen LogP contribution in [0.2, 0.25) is 0 Å². The molecule has 1 aliphatic rings. The fraction of sp³-hybridized carbons (Fsp3) is 0.938. The molecule has 148 valence electrons. The normalized spacial score (nSPS) is 19.6. The highest BCUT2D eigenvalue weighted by Crippen LogP contribution is 2.51. The van der Waals surface area contributed by atoms with Gasteiger partial charge in [-0.25, -0.2) is 0 Å². The Morgan fingerprint density at radius 2 is 1.44 bits per heavy atom. The first-order valence-electron chi connectivity index (χ1n) is 8.19. The summed E-state index contributed by atoms with van der Waals surface area (Å²) in [5.41, 5.74) is -7.95. The van der Waals surface area contributed by atoms with E-state index in [1.54, 1.807) is 6.92 Å². The number of halogens is 6. The number of carbonyl (C=O) groups is 1. The number of hydrogen-bond acceptors (Lipinski definition) is 3. The summed E-state index contributed by atoms with van der Waals surface area (Å²) in [7, 11) is 0. The third kappa shape index (κ3) is 4.60. The maximum Gasteiger partial charge on any atom is 0.426 e. The molecule has 9 heteroatoms. The molecule has 1 aliphatic carbocycles. The molecule has 0 aromatic carbocycles. The average molecular weight is 378 g/mol. The Balaban J connectivity index is 3.24. The molecule has 0 amide bonds. The SMILES string of the molecule is CCC(C)(C)C(=O)OC1(CC(O)(C(F)(F)F)C(F)(F)F)CCCCC1. The van der Waals surface area contributed by atoms with Crippen molar-refractivity contribution in [2.75, 3.05) is 0 Å². The quantitative estimate of drug-likeness (QED) is 0.546. The molecule has 0 radical (unpaired) electrons. The van der Waals surface area contributed by atoms with E-state index in [0.29, 0.717) is 25.7 Å². The van der Waals surface area contributed by atoms with Gasteiger partial charge in [0, 0.05) is 6.42 Å². The van der Waals surface area contributed by atoms with Crippen LogP contribution in [0.1, 0.15) is 65.7 Å². The van der Waals surface area contributed by atoms with Crippen LogP contribution in [0, 0.1) is 5.41 Å². The maximum absolute atomic E-state index is 13.1. The van der Waals surface area contributed by atoms with Gasteiger partial charge in [0.2, 0.25) is 0 Å². The molecule has 0 aromatic heterocycles. The van der Waals surface area contributed by atoms with Crippen molar-refractivity contribution in [3.05, 3.63) is 0 Å². The molecule has 0 heterocycles. The second-order valence-electron chi connectivity index (χ2n) is 7.40. The largest absolute Gasteiger partial charge is 0.459 e. The Hall–Kier alpha value is -0.990. The molecule has 0 atom stereocenters. The van der Waals surface area contributed by atoms with E-state index in [9.17, 15) is 36.2 Å². The van der Waals surface area contributed by atoms with Crippen molar-refractivity contribution in [3.63, 3.8) is 0 Å². The molecule has 0 saturated heterocycles. The number of rotatable bonds is 5. The van der Waals surface area contributed by atoms with Crippen LogP contribution in [-0.2, 0) is 9.53 Å². The van der Waals surface area contributed by atoms with Gasteiger partial charge in [0.05, 0.1) is 5.41 Å². The Morgan fingerprint density at radius 1 is 1.00 bits per heavy atom. The minimum atomic E-state index is -5.93. The van der Waals surface area contributed by atoms with Crippen molar-refractivity contribution in [1.29, 1.82) is 0 Å². The zero-order chi connectivity index (χ0) is 19.7. The first kappa shape index (κ1) is 22.1. The minimum absolute atomic E-state index is 0.146. The average Bonchev–Trinajstić information content (AvgIpc) is 2.45. The van der Waals surface area contributed by atoms with E-state index in [0.717, 1.165) is 0 Å². The molecule has 1 fully saturated rings. The summed E-state index contributed by atoms with van der Waals surface area (Å²) in [5, 5.41) is 9.53. The lowest BCUT2D eigenvalue weighted by Crippen LogP contribution is -2.61. The lowest BCUT2D eigenvalue weighted by molar-refractivity contribution is -0.379. The van der Waals surface area contributed by atoms with E-state index < -0.39 is 41.4 Å². The number of ether oxygens (including phenoxy) is 1. The van der Waals surface area contributed by atoms with Crippen molar-refractivity contribution in [3.8, 4) is 0 Å². The highest BCUT2D eigenvalue weighted by Gasteiger charge is 2.72. The van der Waals surface area contributed by atoms with E-state index in [1.807, 2.05) is 0 Å². The third-order valence-electron chi connectivity index (χ3n) is 5.03. The molecule has 1 saturated carbocycles. The van der Waals surface area contributed by atoms with E-state index in [1.165, 1.54) is 13.8 Å². The first-order valence-corrected chi connectivity index (χ1v) is 8.19. The van der Waals surface area contributed by atoms with Gasteiger partial charge in [-0.3, -0.25) is 4.79 Å². The van der Waals surface area contributed by atoms with Crippen LogP contribution in [-0.4, -0.2) is 34.6 Å². The Morgan fingerprint density at radius 3 is 1.80 bits per heavy atom. The summed E-state index contributed by atoms with van der Waals surface area (Å²) >= 11 is 0. The number of alkyl halides is 6. The third-order valence-corrected chi connectivity index (χ3v) is 5.03. The van der Waals surface area contributed by atoms with Gasteiger partial charge in [-0.15, -0.1) is 0 Å². The summed E-state index contributed by atoms with van der Waals surface area (Å²) in [6.45, 7) is 4.67. The highest BCUT2D eigenvalue weighted by atomic mass is 19.4. The van der Waals surface area contributed by atoms with Crippen molar-refractivity contribution < 1.29 is 41.0 Å². The fourth-order valence-electron chi connectivity index (χ4n) is 2.82. The second kappa shape index (κ2) is 6.96. The van der Waals surface area contributed by atoms with E-state index >= 15 is 0 Å². The molecule has 0 unspecified atom stereocenters. The van der Waals surface area contributed by atoms with Gasteiger partial charge in [-0.2, -0.15) is 26.3 Å². The van der Waals surface area contributed by atoms with Gasteiger partial charge in [0.25, 0.3) is 5.60 Å². The Labute approximate surface area is 142 Å². The molecule has 1 rings (SSSR count). The van der Waals surface area contributed by atoms with Crippen LogP contribution in [0.4, 0.5) is 26.3 Å². The topological polar surface area (TPSA) is 46.5 Å². The molecule has 25 heavy (non-hydrogen) atoms. The predicted octanol–water partition coefficient (Wildman–Crippen LogP) is 4.91. The smallest absolute Gasteiger partial charge is 0.426 e. The zero-order valence-corrected chi connectivity index (χ0v) is 14.5. The van der Waals surface area contributed by atoms with E-state index in [2.05, 4.69) is 0 Å². The monoisotopic (exact) mass is 378 g/mol. The minimum Gasteiger partial charge on any atom is -0.459 e. The molecule has 0 spiro atoms. The molecule has 0 bridgehead atoms. The number of aliphatic hydroxyl groups is 1. The molecule has 1 N–H and O–H groups in total. The predicted molar refractivity (Wildman–Crippen MR) is 77.7 cm³/mol. The van der Waals surface area contributed by atoms with Gasteiger partial charge in [0.1, 0.15) is 5.60 Å². The van der Waals surface area contributed by atoms with E-state index in [-0.39, 0.29) is 12.8 Å². The molecule has 0 aliphatic heterocycles. The summed E-state index contributed by atoms with van der Waals surface area (Å²) < 4.78 is 83.5. The van der Waals surface area contributed by atoms with Crippen molar-refractivity contribution in [2.24, 2.45) is 5.41 Å². The van der Waals surface area contributed by atoms with Gasteiger partial charge in [-0.1, -0.05) is 13.3 Å². The Kier molecular flexibility index (Phi) is 6.14. The van der Waals surface area contributed by atoms with Crippen LogP contribution < -0.4 is 0 Å². The molecule has 0 aromatic rings. The number of esters is 1. The van der Waals surface area contributed by atoms with Crippen molar-refractivity contribution in [2.45, 2.75) is 89.3 Å². The van der Waals surface area contributed by atoms with Gasteiger partial charge in [-0.05, 0) is 46.0 Å². The van der Waals surface area contributed by atoms with Gasteiger partial charge < -0.3 is 9.84 Å². The highest BCUT2D eigenvalue weighted by molar-refractivity contribution is 5.76. The lowest BCUT2D eigenvalue weighted by atomic mass is 9.75. The van der Waals surface area contributed by atoms with Gasteiger partial charge in [0.15, 0.2) is 0 Å². The first-order chi connectivity index (χ1) is 11.1. The van der Waals surface area contributed by atoms with Crippen molar-refractivity contribution in [1.82, 2.24) is 0 Å². The Bertz CT molecular complexity index is 461. The maximum atomic E-state index is 13.1. The molecular formula is C16H24F6O3. The molecule has 3 nitrogen and oxygen atoms in total. The van der Waals surface area contributed by atoms with Crippen LogP contribution in [0.25, 0.3) is 0 Å². The fourth-order valence-corrected chi connectivity index (χ4v) is 2.82. The number of hydrogen-bond donors (Lipinski definition) is 1. The summed E-state index contributed by atoms with van der Waals surface area (Å²) in [4.78, 5) is 12.3. The zero-order valence-electron chi connectivity index (χ0n) is 14.5. The summed E-state index contributed by atoms with van der Waals surface area (Å²) in [6, 6.07) is 0. The van der Waals surface area contributed by atoms with Gasteiger partial charge >= 0.3 is 18.3 Å². The van der Waals surface area contributed by atoms with Crippen LogP contribution in [0.3, 0.4) is 0 Å². The number of carbonyl (C=O) groups excluding carboxylic acids is 1. The standard InChI is InChI=1S/C16H24F6O3/c1-4-12(2,3)11(23)25-13(8-6-5-7-9-13)10-14(24,15(17,18)19)16(20,21)22/h24H,4-10H2,1-3H3. The summed E-state index contributed by atoms with van der Waals surface area (Å²) in [5.74, 6) is -0.858.